The largest absolute Gasteiger partial charge is 0.312 e. The lowest BCUT2D eigenvalue weighted by Gasteiger charge is -2.14. The van der Waals surface area contributed by atoms with Crippen molar-refractivity contribution < 1.29 is 8.78 Å². The number of rotatable bonds is 4. The van der Waals surface area contributed by atoms with E-state index in [-0.39, 0.29) is 6.04 Å². The van der Waals surface area contributed by atoms with Crippen LogP contribution < -0.4 is 5.32 Å². The number of aryl methyl sites for hydroxylation is 1. The van der Waals surface area contributed by atoms with Gasteiger partial charge in [-0.05, 0) is 50.2 Å². The summed E-state index contributed by atoms with van der Waals surface area (Å²) >= 11 is 1.70. The third kappa shape index (κ3) is 3.15. The zero-order valence-electron chi connectivity index (χ0n) is 10.3. The molecule has 96 valence electrons. The maximum absolute atomic E-state index is 13.1. The van der Waals surface area contributed by atoms with Crippen LogP contribution in [0.5, 0.6) is 0 Å². The topological polar surface area (TPSA) is 12.0 Å². The number of likely N-dealkylation sites (N-methyl/N-ethyl adjacent to an activating group) is 1. The van der Waals surface area contributed by atoms with Crippen molar-refractivity contribution in [2.75, 3.05) is 7.05 Å². The van der Waals surface area contributed by atoms with E-state index in [0.717, 1.165) is 6.07 Å². The van der Waals surface area contributed by atoms with Crippen LogP contribution in [0.3, 0.4) is 0 Å². The Morgan fingerprint density at radius 1 is 1.17 bits per heavy atom. The van der Waals surface area contributed by atoms with Gasteiger partial charge in [0.05, 0.1) is 0 Å². The van der Waals surface area contributed by atoms with Gasteiger partial charge in [0, 0.05) is 21.9 Å². The summed E-state index contributed by atoms with van der Waals surface area (Å²) in [6.07, 6.45) is 0.575. The highest BCUT2D eigenvalue weighted by molar-refractivity contribution is 7.12. The number of thiophene rings is 1. The van der Waals surface area contributed by atoms with Crippen molar-refractivity contribution in [3.63, 3.8) is 0 Å². The van der Waals surface area contributed by atoms with E-state index in [9.17, 15) is 8.78 Å². The molecule has 1 heterocycles. The van der Waals surface area contributed by atoms with Crippen LogP contribution in [-0.4, -0.2) is 7.05 Å². The molecule has 1 aromatic carbocycles. The molecule has 0 radical (unpaired) electrons. The molecule has 1 N–H and O–H groups in total. The third-order valence-corrected chi connectivity index (χ3v) is 3.93. The third-order valence-electron chi connectivity index (χ3n) is 2.82. The first-order valence-corrected chi connectivity index (χ1v) is 6.58. The Balaban J connectivity index is 2.20. The average Bonchev–Trinajstić information content (AvgIpc) is 2.71. The van der Waals surface area contributed by atoms with Gasteiger partial charge >= 0.3 is 0 Å². The summed E-state index contributed by atoms with van der Waals surface area (Å²) in [5.41, 5.74) is 0.665. The van der Waals surface area contributed by atoms with Crippen molar-refractivity contribution in [3.05, 3.63) is 57.3 Å². The Morgan fingerprint density at radius 2 is 1.83 bits per heavy atom. The van der Waals surface area contributed by atoms with Crippen molar-refractivity contribution in [2.24, 2.45) is 0 Å². The fraction of sp³-hybridized carbons (Fsp3) is 0.286. The van der Waals surface area contributed by atoms with Gasteiger partial charge in [-0.15, -0.1) is 11.3 Å². The van der Waals surface area contributed by atoms with Gasteiger partial charge < -0.3 is 5.32 Å². The highest BCUT2D eigenvalue weighted by Gasteiger charge is 2.13. The number of benzene rings is 1. The second-order valence-electron chi connectivity index (χ2n) is 4.27. The summed E-state index contributed by atoms with van der Waals surface area (Å²) in [6, 6.07) is 7.85. The minimum atomic E-state index is -0.526. The molecular formula is C14H15F2NS. The van der Waals surface area contributed by atoms with Crippen LogP contribution >= 0.6 is 11.3 Å². The Bertz CT molecular complexity index is 516. The van der Waals surface area contributed by atoms with E-state index in [2.05, 4.69) is 17.4 Å². The molecule has 1 unspecified atom stereocenters. The summed E-state index contributed by atoms with van der Waals surface area (Å²) in [7, 11) is 1.86. The molecule has 0 amide bonds. The lowest BCUT2D eigenvalue weighted by Crippen LogP contribution is -2.17. The summed E-state index contributed by atoms with van der Waals surface area (Å²) in [5, 5.41) is 3.18. The normalized spacial score (nSPS) is 12.7. The molecule has 1 atom stereocenters. The SMILES string of the molecule is CNC(Cc1cc(F)cc(F)c1)c1ccc(C)s1. The van der Waals surface area contributed by atoms with Gasteiger partial charge in [0.25, 0.3) is 0 Å². The Morgan fingerprint density at radius 3 is 2.33 bits per heavy atom. The van der Waals surface area contributed by atoms with E-state index in [4.69, 9.17) is 0 Å². The van der Waals surface area contributed by atoms with Crippen molar-refractivity contribution >= 4 is 11.3 Å². The maximum Gasteiger partial charge on any atom is 0.126 e. The zero-order valence-corrected chi connectivity index (χ0v) is 11.2. The van der Waals surface area contributed by atoms with Crippen LogP contribution in [0.2, 0.25) is 0 Å². The highest BCUT2D eigenvalue weighted by atomic mass is 32.1. The van der Waals surface area contributed by atoms with Crippen molar-refractivity contribution in [2.45, 2.75) is 19.4 Å². The number of hydrogen-bond acceptors (Lipinski definition) is 2. The fourth-order valence-corrected chi connectivity index (χ4v) is 2.94. The number of nitrogens with one attached hydrogen (secondary N) is 1. The predicted molar refractivity (Wildman–Crippen MR) is 70.9 cm³/mol. The molecule has 18 heavy (non-hydrogen) atoms. The standard InChI is InChI=1S/C14H15F2NS/c1-9-3-4-14(18-9)13(17-2)7-10-5-11(15)8-12(16)6-10/h3-6,8,13,17H,7H2,1-2H3. The Kier molecular flexibility index (Phi) is 4.09. The highest BCUT2D eigenvalue weighted by Crippen LogP contribution is 2.25. The lowest BCUT2D eigenvalue weighted by molar-refractivity contribution is 0.565. The quantitative estimate of drug-likeness (QED) is 0.887. The van der Waals surface area contributed by atoms with Gasteiger partial charge in [-0.3, -0.25) is 0 Å². The van der Waals surface area contributed by atoms with Crippen LogP contribution in [0.15, 0.2) is 30.3 Å². The minimum Gasteiger partial charge on any atom is -0.312 e. The van der Waals surface area contributed by atoms with E-state index >= 15 is 0 Å². The van der Waals surface area contributed by atoms with Crippen molar-refractivity contribution in [3.8, 4) is 0 Å². The summed E-state index contributed by atoms with van der Waals surface area (Å²) in [4.78, 5) is 2.41. The first-order chi connectivity index (χ1) is 8.58. The molecule has 2 rings (SSSR count). The second kappa shape index (κ2) is 5.59. The molecule has 0 spiro atoms. The first-order valence-electron chi connectivity index (χ1n) is 5.77. The van der Waals surface area contributed by atoms with Crippen molar-refractivity contribution in [1.82, 2.24) is 5.32 Å². The summed E-state index contributed by atoms with van der Waals surface area (Å²) < 4.78 is 26.3. The molecule has 0 saturated heterocycles. The van der Waals surface area contributed by atoms with Gasteiger partial charge in [0.1, 0.15) is 11.6 Å². The average molecular weight is 267 g/mol. The first kappa shape index (κ1) is 13.2. The fourth-order valence-electron chi connectivity index (χ4n) is 1.95. The van der Waals surface area contributed by atoms with E-state index in [0.29, 0.717) is 12.0 Å². The Hall–Kier alpha value is -1.26. The van der Waals surface area contributed by atoms with Crippen LogP contribution in [0.25, 0.3) is 0 Å². The smallest absolute Gasteiger partial charge is 0.126 e. The minimum absolute atomic E-state index is 0.0879. The molecule has 0 aliphatic carbocycles. The van der Waals surface area contributed by atoms with Gasteiger partial charge in [0.15, 0.2) is 0 Å². The van der Waals surface area contributed by atoms with Crippen LogP contribution in [-0.2, 0) is 6.42 Å². The monoisotopic (exact) mass is 267 g/mol. The van der Waals surface area contributed by atoms with Gasteiger partial charge in [-0.2, -0.15) is 0 Å². The van der Waals surface area contributed by atoms with Gasteiger partial charge in [0.2, 0.25) is 0 Å². The molecule has 1 aromatic heterocycles. The van der Waals surface area contributed by atoms with Crippen LogP contribution in [0.4, 0.5) is 8.78 Å². The van der Waals surface area contributed by atoms with Gasteiger partial charge in [-0.1, -0.05) is 0 Å². The van der Waals surface area contributed by atoms with Crippen LogP contribution in [0.1, 0.15) is 21.4 Å². The van der Waals surface area contributed by atoms with Gasteiger partial charge in [-0.25, -0.2) is 8.78 Å². The molecule has 4 heteroatoms. The van der Waals surface area contributed by atoms with E-state index in [1.54, 1.807) is 11.3 Å². The molecule has 0 bridgehead atoms. The van der Waals surface area contributed by atoms with E-state index in [1.807, 2.05) is 14.0 Å². The molecule has 0 aliphatic rings. The zero-order chi connectivity index (χ0) is 13.1. The number of halogens is 2. The number of hydrogen-bond donors (Lipinski definition) is 1. The molecule has 0 saturated carbocycles. The van der Waals surface area contributed by atoms with Crippen LogP contribution in [0, 0.1) is 18.6 Å². The summed E-state index contributed by atoms with van der Waals surface area (Å²) in [6.45, 7) is 2.04. The molecule has 1 nitrogen and oxygen atoms in total. The second-order valence-corrected chi connectivity index (χ2v) is 5.59. The summed E-state index contributed by atoms with van der Waals surface area (Å²) in [5.74, 6) is -1.05. The lowest BCUT2D eigenvalue weighted by atomic mass is 10.0. The van der Waals surface area contributed by atoms with E-state index in [1.165, 1.54) is 21.9 Å². The molecule has 0 fully saturated rings. The molecular weight excluding hydrogens is 252 g/mol. The molecule has 2 aromatic rings. The molecule has 0 aliphatic heterocycles. The maximum atomic E-state index is 13.1. The van der Waals surface area contributed by atoms with Crippen molar-refractivity contribution in [1.29, 1.82) is 0 Å². The Labute approximate surface area is 109 Å². The predicted octanol–water partition coefficient (Wildman–Crippen LogP) is 3.84. The van der Waals surface area contributed by atoms with E-state index < -0.39 is 11.6 Å².